The monoisotopic (exact) mass is 236 g/mol. The summed E-state index contributed by atoms with van der Waals surface area (Å²) in [7, 11) is 1.21. The third-order valence-electron chi connectivity index (χ3n) is 2.54. The number of rotatable bonds is 2. The van der Waals surface area contributed by atoms with Gasteiger partial charge in [-0.15, -0.1) is 0 Å². The van der Waals surface area contributed by atoms with Gasteiger partial charge in [0.1, 0.15) is 5.82 Å². The molecule has 1 aromatic carbocycles. The van der Waals surface area contributed by atoms with Gasteiger partial charge in [-0.05, 0) is 6.07 Å². The Balaban J connectivity index is 2.26. The number of amides is 4. The molecule has 0 aromatic heterocycles. The van der Waals surface area contributed by atoms with E-state index in [1.807, 2.05) is 0 Å². The second kappa shape index (κ2) is 3.97. The van der Waals surface area contributed by atoms with Gasteiger partial charge in [-0.2, -0.15) is 0 Å². The average molecular weight is 236 g/mol. The molecular formula is C11H9FN2O3. The minimum absolute atomic E-state index is 0.192. The van der Waals surface area contributed by atoms with E-state index in [2.05, 4.69) is 0 Å². The van der Waals surface area contributed by atoms with Crippen molar-refractivity contribution in [3.8, 4) is 0 Å². The Kier molecular flexibility index (Phi) is 2.63. The lowest BCUT2D eigenvalue weighted by Crippen LogP contribution is -2.31. The summed E-state index contributed by atoms with van der Waals surface area (Å²) in [5, 5.41) is 0. The Morgan fingerprint density at radius 1 is 1.12 bits per heavy atom. The molecule has 1 saturated heterocycles. The largest absolute Gasteiger partial charge is 0.334 e. The number of imide groups is 2. The lowest BCUT2D eigenvalue weighted by atomic mass is 10.2. The Labute approximate surface area is 96.4 Å². The lowest BCUT2D eigenvalue weighted by molar-refractivity contribution is -0.143. The molecule has 6 heteroatoms. The van der Waals surface area contributed by atoms with Crippen LogP contribution in [0.25, 0.3) is 0 Å². The molecule has 4 amide bonds. The average Bonchev–Trinajstić information content (AvgIpc) is 2.50. The van der Waals surface area contributed by atoms with Crippen molar-refractivity contribution in [3.63, 3.8) is 0 Å². The molecule has 88 valence electrons. The van der Waals surface area contributed by atoms with Gasteiger partial charge in [0, 0.05) is 12.6 Å². The topological polar surface area (TPSA) is 57.7 Å². The van der Waals surface area contributed by atoms with Gasteiger partial charge in [0.25, 0.3) is 0 Å². The first-order chi connectivity index (χ1) is 8.02. The second-order valence-corrected chi connectivity index (χ2v) is 3.63. The van der Waals surface area contributed by atoms with E-state index >= 15 is 0 Å². The number of nitrogens with zero attached hydrogens (tertiary/aromatic N) is 2. The first kappa shape index (κ1) is 11.3. The molecule has 0 unspecified atom stereocenters. The number of urea groups is 1. The molecule has 1 fully saturated rings. The molecule has 2 rings (SSSR count). The molecule has 1 heterocycles. The SMILES string of the molecule is CN1C(=O)C(=O)N(Cc2ccccc2F)C1=O. The fourth-order valence-corrected chi connectivity index (χ4v) is 1.55. The van der Waals surface area contributed by atoms with Gasteiger partial charge in [-0.25, -0.2) is 9.18 Å². The number of halogens is 1. The standard InChI is InChI=1S/C11H9FN2O3/c1-13-9(15)10(16)14(11(13)17)6-7-4-2-3-5-8(7)12/h2-5H,6H2,1H3. The van der Waals surface area contributed by atoms with Crippen molar-refractivity contribution in [2.75, 3.05) is 7.05 Å². The number of hydrogen-bond donors (Lipinski definition) is 0. The van der Waals surface area contributed by atoms with Crippen molar-refractivity contribution in [2.24, 2.45) is 0 Å². The van der Waals surface area contributed by atoms with Crippen LogP contribution in [0.4, 0.5) is 9.18 Å². The molecule has 1 aliphatic rings. The van der Waals surface area contributed by atoms with Gasteiger partial charge < -0.3 is 0 Å². The molecule has 0 bridgehead atoms. The van der Waals surface area contributed by atoms with Crippen LogP contribution < -0.4 is 0 Å². The molecule has 0 atom stereocenters. The van der Waals surface area contributed by atoms with Crippen LogP contribution in [0, 0.1) is 5.82 Å². The number of hydrogen-bond acceptors (Lipinski definition) is 3. The smallest absolute Gasteiger partial charge is 0.263 e. The summed E-state index contributed by atoms with van der Waals surface area (Å²) in [5.41, 5.74) is 0.192. The Hall–Kier alpha value is -2.24. The first-order valence-electron chi connectivity index (χ1n) is 4.89. The van der Waals surface area contributed by atoms with Gasteiger partial charge in [0.2, 0.25) is 0 Å². The minimum Gasteiger partial charge on any atom is -0.263 e. The molecule has 0 N–H and O–H groups in total. The van der Waals surface area contributed by atoms with Crippen molar-refractivity contribution in [1.82, 2.24) is 9.80 Å². The fourth-order valence-electron chi connectivity index (χ4n) is 1.55. The van der Waals surface area contributed by atoms with E-state index < -0.39 is 23.7 Å². The lowest BCUT2D eigenvalue weighted by Gasteiger charge is -2.13. The molecule has 0 saturated carbocycles. The van der Waals surface area contributed by atoms with E-state index in [9.17, 15) is 18.8 Å². The number of carbonyl (C=O) groups is 3. The summed E-state index contributed by atoms with van der Waals surface area (Å²) in [5.74, 6) is -2.35. The van der Waals surface area contributed by atoms with Crippen LogP contribution >= 0.6 is 0 Å². The second-order valence-electron chi connectivity index (χ2n) is 3.63. The summed E-state index contributed by atoms with van der Waals surface area (Å²) in [6, 6.07) is 5.05. The third-order valence-corrected chi connectivity index (χ3v) is 2.54. The zero-order valence-corrected chi connectivity index (χ0v) is 9.01. The van der Waals surface area contributed by atoms with Gasteiger partial charge in [-0.3, -0.25) is 19.4 Å². The van der Waals surface area contributed by atoms with Gasteiger partial charge >= 0.3 is 17.8 Å². The molecule has 1 aliphatic heterocycles. The van der Waals surface area contributed by atoms with Crippen molar-refractivity contribution < 1.29 is 18.8 Å². The van der Waals surface area contributed by atoms with Crippen molar-refractivity contribution in [1.29, 1.82) is 0 Å². The third kappa shape index (κ3) is 1.77. The van der Waals surface area contributed by atoms with Gasteiger partial charge in [0.15, 0.2) is 0 Å². The summed E-state index contributed by atoms with van der Waals surface area (Å²) >= 11 is 0. The van der Waals surface area contributed by atoms with Crippen LogP contribution in [0.5, 0.6) is 0 Å². The summed E-state index contributed by atoms with van der Waals surface area (Å²) in [4.78, 5) is 35.6. The molecular weight excluding hydrogens is 227 g/mol. The summed E-state index contributed by atoms with van der Waals surface area (Å²) in [6.45, 7) is -0.236. The van der Waals surface area contributed by atoms with Crippen molar-refractivity contribution in [2.45, 2.75) is 6.54 Å². The maximum absolute atomic E-state index is 13.3. The molecule has 1 aromatic rings. The Morgan fingerprint density at radius 3 is 2.29 bits per heavy atom. The highest BCUT2D eigenvalue weighted by atomic mass is 19.1. The van der Waals surface area contributed by atoms with E-state index in [-0.39, 0.29) is 12.1 Å². The highest BCUT2D eigenvalue weighted by Gasteiger charge is 2.42. The fraction of sp³-hybridized carbons (Fsp3) is 0.182. The maximum Gasteiger partial charge on any atom is 0.334 e. The zero-order chi connectivity index (χ0) is 12.6. The van der Waals surface area contributed by atoms with Crippen LogP contribution in [-0.4, -0.2) is 34.7 Å². The first-order valence-corrected chi connectivity index (χ1v) is 4.89. The molecule has 5 nitrogen and oxygen atoms in total. The van der Waals surface area contributed by atoms with Crippen LogP contribution in [0.15, 0.2) is 24.3 Å². The normalized spacial score (nSPS) is 16.0. The molecule has 0 aliphatic carbocycles. The Bertz CT molecular complexity index is 515. The summed E-state index contributed by atoms with van der Waals surface area (Å²) in [6.07, 6.45) is 0. The quantitative estimate of drug-likeness (QED) is 0.562. The van der Waals surface area contributed by atoms with Crippen molar-refractivity contribution in [3.05, 3.63) is 35.6 Å². The molecule has 0 radical (unpaired) electrons. The predicted octanol–water partition coefficient (Wildman–Crippen LogP) is 0.746. The van der Waals surface area contributed by atoms with Gasteiger partial charge in [0.05, 0.1) is 6.54 Å². The molecule has 17 heavy (non-hydrogen) atoms. The summed E-state index contributed by atoms with van der Waals surface area (Å²) < 4.78 is 13.3. The van der Waals surface area contributed by atoms with E-state index in [1.165, 1.54) is 25.2 Å². The van der Waals surface area contributed by atoms with E-state index in [1.54, 1.807) is 6.07 Å². The molecule has 0 spiro atoms. The van der Waals surface area contributed by atoms with E-state index in [0.29, 0.717) is 4.90 Å². The zero-order valence-electron chi connectivity index (χ0n) is 9.01. The maximum atomic E-state index is 13.3. The van der Waals surface area contributed by atoms with E-state index in [4.69, 9.17) is 0 Å². The van der Waals surface area contributed by atoms with Crippen LogP contribution in [-0.2, 0) is 16.1 Å². The van der Waals surface area contributed by atoms with Crippen LogP contribution in [0.1, 0.15) is 5.56 Å². The number of likely N-dealkylation sites (N-methyl/N-ethyl adjacent to an activating group) is 1. The van der Waals surface area contributed by atoms with Gasteiger partial charge in [-0.1, -0.05) is 18.2 Å². The predicted molar refractivity (Wildman–Crippen MR) is 55.1 cm³/mol. The highest BCUT2D eigenvalue weighted by molar-refractivity contribution is 6.44. The van der Waals surface area contributed by atoms with E-state index in [0.717, 1.165) is 4.90 Å². The Morgan fingerprint density at radius 2 is 1.76 bits per heavy atom. The number of carbonyl (C=O) groups excluding carboxylic acids is 3. The van der Waals surface area contributed by atoms with Crippen LogP contribution in [0.2, 0.25) is 0 Å². The van der Waals surface area contributed by atoms with Crippen molar-refractivity contribution >= 4 is 17.8 Å². The minimum atomic E-state index is -0.930. The van der Waals surface area contributed by atoms with Crippen LogP contribution in [0.3, 0.4) is 0 Å². The number of benzene rings is 1. The highest BCUT2D eigenvalue weighted by Crippen LogP contribution is 2.16.